The Balaban J connectivity index is 1.22. The molecule has 1 aliphatic carbocycles. The van der Waals surface area contributed by atoms with Crippen molar-refractivity contribution in [1.82, 2.24) is 14.8 Å². The molecule has 1 saturated carbocycles. The van der Waals surface area contributed by atoms with Crippen LogP contribution in [0.5, 0.6) is 0 Å². The molecule has 1 saturated heterocycles. The van der Waals surface area contributed by atoms with E-state index in [0.717, 1.165) is 62.2 Å². The topological polar surface area (TPSA) is 36.4 Å². The lowest BCUT2D eigenvalue weighted by Gasteiger charge is -2.34. The zero-order chi connectivity index (χ0) is 18.5. The van der Waals surface area contributed by atoms with Crippen LogP contribution >= 0.6 is 11.3 Å². The van der Waals surface area contributed by atoms with Gasteiger partial charge in [-0.1, -0.05) is 56.0 Å². The normalized spacial score (nSPS) is 18.9. The first-order chi connectivity index (χ1) is 13.3. The molecule has 27 heavy (non-hydrogen) atoms. The maximum atomic E-state index is 12.5. The molecule has 1 amide bonds. The Hall–Kier alpha value is -1.72. The van der Waals surface area contributed by atoms with Gasteiger partial charge in [0.15, 0.2) is 0 Å². The van der Waals surface area contributed by atoms with Crippen LogP contribution in [0.2, 0.25) is 0 Å². The van der Waals surface area contributed by atoms with E-state index < -0.39 is 0 Å². The van der Waals surface area contributed by atoms with Crippen LogP contribution in [0.1, 0.15) is 44.2 Å². The highest BCUT2D eigenvalue weighted by molar-refractivity contribution is 7.13. The molecule has 2 heterocycles. The quantitative estimate of drug-likeness (QED) is 0.741. The number of hydrogen-bond acceptors (Lipinski definition) is 4. The van der Waals surface area contributed by atoms with E-state index in [4.69, 9.17) is 4.98 Å². The maximum absolute atomic E-state index is 12.5. The molecule has 5 heteroatoms. The number of thiazole rings is 1. The van der Waals surface area contributed by atoms with E-state index in [0.29, 0.717) is 5.91 Å². The van der Waals surface area contributed by atoms with E-state index >= 15 is 0 Å². The third-order valence-electron chi connectivity index (χ3n) is 5.92. The minimum atomic E-state index is 0.363. The molecule has 2 fully saturated rings. The van der Waals surface area contributed by atoms with Crippen LogP contribution < -0.4 is 0 Å². The van der Waals surface area contributed by atoms with Gasteiger partial charge in [0.25, 0.3) is 0 Å². The molecule has 0 radical (unpaired) electrons. The summed E-state index contributed by atoms with van der Waals surface area (Å²) in [6.07, 6.45) is 7.23. The van der Waals surface area contributed by atoms with E-state index in [1.165, 1.54) is 31.2 Å². The fraction of sp³-hybridized carbons (Fsp3) is 0.545. The zero-order valence-corrected chi connectivity index (χ0v) is 16.8. The number of nitrogens with zero attached hydrogens (tertiary/aromatic N) is 3. The summed E-state index contributed by atoms with van der Waals surface area (Å²) >= 11 is 1.71. The molecule has 1 aromatic heterocycles. The van der Waals surface area contributed by atoms with Crippen molar-refractivity contribution in [3.8, 4) is 10.6 Å². The van der Waals surface area contributed by atoms with Gasteiger partial charge in [0.1, 0.15) is 5.01 Å². The predicted octanol–water partition coefficient (Wildman–Crippen LogP) is 4.42. The summed E-state index contributed by atoms with van der Waals surface area (Å²) in [7, 11) is 0. The molecule has 0 N–H and O–H groups in total. The van der Waals surface area contributed by atoms with Crippen LogP contribution in [0.4, 0.5) is 0 Å². The maximum Gasteiger partial charge on any atom is 0.222 e. The lowest BCUT2D eigenvalue weighted by molar-refractivity contribution is -0.133. The van der Waals surface area contributed by atoms with Crippen LogP contribution in [0.25, 0.3) is 10.6 Å². The van der Waals surface area contributed by atoms with Gasteiger partial charge in [0.2, 0.25) is 5.91 Å². The molecule has 0 unspecified atom stereocenters. The molecule has 2 aromatic rings. The molecule has 0 spiro atoms. The van der Waals surface area contributed by atoms with Crippen molar-refractivity contribution in [2.24, 2.45) is 5.92 Å². The first-order valence-electron chi connectivity index (χ1n) is 10.3. The lowest BCUT2D eigenvalue weighted by atomic mass is 10.0. The number of hydrogen-bond donors (Lipinski definition) is 0. The molecule has 4 rings (SSSR count). The summed E-state index contributed by atoms with van der Waals surface area (Å²) in [5.41, 5.74) is 2.33. The van der Waals surface area contributed by atoms with Gasteiger partial charge < -0.3 is 4.90 Å². The SMILES string of the molecule is O=C(CCC1CCCC1)N1CCN(Cc2csc(-c3ccccc3)n2)CC1. The van der Waals surface area contributed by atoms with Crippen LogP contribution in [-0.2, 0) is 11.3 Å². The first kappa shape index (κ1) is 18.6. The van der Waals surface area contributed by atoms with Crippen molar-refractivity contribution < 1.29 is 4.79 Å². The molecule has 1 aliphatic heterocycles. The van der Waals surface area contributed by atoms with E-state index in [-0.39, 0.29) is 0 Å². The van der Waals surface area contributed by atoms with Crippen molar-refractivity contribution in [1.29, 1.82) is 0 Å². The molecule has 1 aromatic carbocycles. The number of rotatable bonds is 6. The number of carbonyl (C=O) groups excluding carboxylic acids is 1. The summed E-state index contributed by atoms with van der Waals surface area (Å²) < 4.78 is 0. The van der Waals surface area contributed by atoms with Crippen LogP contribution in [0.3, 0.4) is 0 Å². The second-order valence-corrected chi connectivity index (χ2v) is 8.71. The number of aromatic nitrogens is 1. The second kappa shape index (κ2) is 8.98. The van der Waals surface area contributed by atoms with Crippen LogP contribution in [0.15, 0.2) is 35.7 Å². The molecule has 0 atom stereocenters. The number of benzene rings is 1. The Kier molecular flexibility index (Phi) is 6.20. The van der Waals surface area contributed by atoms with E-state index in [1.807, 2.05) is 6.07 Å². The van der Waals surface area contributed by atoms with Gasteiger partial charge in [-0.2, -0.15) is 0 Å². The fourth-order valence-corrected chi connectivity index (χ4v) is 5.08. The highest BCUT2D eigenvalue weighted by atomic mass is 32.1. The van der Waals surface area contributed by atoms with Gasteiger partial charge in [-0.15, -0.1) is 11.3 Å². The van der Waals surface area contributed by atoms with Gasteiger partial charge >= 0.3 is 0 Å². The predicted molar refractivity (Wildman–Crippen MR) is 111 cm³/mol. The van der Waals surface area contributed by atoms with Crippen LogP contribution in [-0.4, -0.2) is 46.9 Å². The van der Waals surface area contributed by atoms with Gasteiger partial charge in [0.05, 0.1) is 5.69 Å². The minimum Gasteiger partial charge on any atom is -0.340 e. The number of carbonyl (C=O) groups is 1. The fourth-order valence-electron chi connectivity index (χ4n) is 4.26. The highest BCUT2D eigenvalue weighted by Gasteiger charge is 2.23. The van der Waals surface area contributed by atoms with Crippen molar-refractivity contribution in [2.75, 3.05) is 26.2 Å². The molecule has 0 bridgehead atoms. The number of amides is 1. The van der Waals surface area contributed by atoms with Gasteiger partial charge in [0, 0.05) is 50.1 Å². The average Bonchev–Trinajstić information content (AvgIpc) is 3.39. The summed E-state index contributed by atoms with van der Waals surface area (Å²) in [6, 6.07) is 10.4. The standard InChI is InChI=1S/C22H29N3OS/c26-21(11-10-18-6-4-5-7-18)25-14-12-24(13-15-25)16-20-17-27-22(23-20)19-8-2-1-3-9-19/h1-3,8-9,17-18H,4-7,10-16H2. The smallest absolute Gasteiger partial charge is 0.222 e. The summed E-state index contributed by atoms with van der Waals surface area (Å²) in [5.74, 6) is 1.17. The Morgan fingerprint density at radius 3 is 2.56 bits per heavy atom. The summed E-state index contributed by atoms with van der Waals surface area (Å²) in [5, 5.41) is 3.26. The third kappa shape index (κ3) is 4.96. The Labute approximate surface area is 166 Å². The van der Waals surface area contributed by atoms with Gasteiger partial charge in [-0.05, 0) is 12.3 Å². The second-order valence-electron chi connectivity index (χ2n) is 7.86. The van der Waals surface area contributed by atoms with E-state index in [1.54, 1.807) is 11.3 Å². The molecule has 2 aliphatic rings. The summed E-state index contributed by atoms with van der Waals surface area (Å²) in [4.78, 5) is 21.8. The molecule has 144 valence electrons. The van der Waals surface area contributed by atoms with Crippen LogP contribution in [0, 0.1) is 5.92 Å². The van der Waals surface area contributed by atoms with Crippen molar-refractivity contribution in [3.05, 3.63) is 41.4 Å². The Bertz CT molecular complexity index is 731. The van der Waals surface area contributed by atoms with Crippen molar-refractivity contribution >= 4 is 17.2 Å². The number of piperazine rings is 1. The highest BCUT2D eigenvalue weighted by Crippen LogP contribution is 2.29. The first-order valence-corrected chi connectivity index (χ1v) is 11.2. The summed E-state index contributed by atoms with van der Waals surface area (Å²) in [6.45, 7) is 4.51. The van der Waals surface area contributed by atoms with E-state index in [9.17, 15) is 4.79 Å². The van der Waals surface area contributed by atoms with Gasteiger partial charge in [-0.25, -0.2) is 4.98 Å². The monoisotopic (exact) mass is 383 g/mol. The largest absolute Gasteiger partial charge is 0.340 e. The van der Waals surface area contributed by atoms with E-state index in [2.05, 4.69) is 39.4 Å². The molecule has 4 nitrogen and oxygen atoms in total. The lowest BCUT2D eigenvalue weighted by Crippen LogP contribution is -2.48. The molecular weight excluding hydrogens is 354 g/mol. The van der Waals surface area contributed by atoms with Crippen molar-refractivity contribution in [2.45, 2.75) is 45.1 Å². The van der Waals surface area contributed by atoms with Crippen molar-refractivity contribution in [3.63, 3.8) is 0 Å². The Morgan fingerprint density at radius 2 is 1.81 bits per heavy atom. The third-order valence-corrected chi connectivity index (χ3v) is 6.86. The average molecular weight is 384 g/mol. The van der Waals surface area contributed by atoms with Gasteiger partial charge in [-0.3, -0.25) is 9.69 Å². The molecular formula is C22H29N3OS. The zero-order valence-electron chi connectivity index (χ0n) is 16.0. The Morgan fingerprint density at radius 1 is 1.07 bits per heavy atom. The minimum absolute atomic E-state index is 0.363.